The number of nitrogens with two attached hydrogens (primary N) is 1. The van der Waals surface area contributed by atoms with Crippen LogP contribution in [0.25, 0.3) is 0 Å². The summed E-state index contributed by atoms with van der Waals surface area (Å²) in [7, 11) is 0. The summed E-state index contributed by atoms with van der Waals surface area (Å²) < 4.78 is 0. The minimum absolute atomic E-state index is 0. The summed E-state index contributed by atoms with van der Waals surface area (Å²) in [4.78, 5) is 9.05. The molecule has 0 atom stereocenters. The van der Waals surface area contributed by atoms with Gasteiger partial charge >= 0.3 is 17.4 Å². The van der Waals surface area contributed by atoms with Gasteiger partial charge in [-0.05, 0) is 0 Å². The van der Waals surface area contributed by atoms with Gasteiger partial charge in [0.15, 0.2) is 0 Å². The van der Waals surface area contributed by atoms with Gasteiger partial charge in [0.2, 0.25) is 0 Å². The molecule has 24 valence electrons. The molecule has 0 amide bonds. The molecule has 0 radical (unpaired) electrons. The molecule has 0 bridgehead atoms. The Morgan fingerprint density at radius 1 is 1.80 bits per heavy atom. The summed E-state index contributed by atoms with van der Waals surface area (Å²) in [5, 5.41) is 0. The molecule has 0 aliphatic carbocycles. The smallest absolute Gasteiger partial charge is 0.324 e. The third kappa shape index (κ3) is 14.4. The summed E-state index contributed by atoms with van der Waals surface area (Å²) in [5.74, 6) is 0. The molecule has 0 aromatic carbocycles. The Morgan fingerprint density at radius 2 is 2.00 bits per heavy atom. The first-order chi connectivity index (χ1) is 1.91. The molecule has 0 saturated heterocycles. The molecule has 0 heterocycles. The molecule has 0 saturated carbocycles. The second-order valence-electron chi connectivity index (χ2n) is 0.402. The van der Waals surface area contributed by atoms with Crippen LogP contribution < -0.4 is 5.73 Å². The van der Waals surface area contributed by atoms with E-state index in [2.05, 4.69) is 5.73 Å². The molecule has 3 heteroatoms. The van der Waals surface area contributed by atoms with Crippen LogP contribution in [-0.2, 0) is 4.79 Å². The fourth-order valence-electron chi connectivity index (χ4n) is 0. The Hall–Kier alpha value is 0.162. The maximum atomic E-state index is 9.05. The van der Waals surface area contributed by atoms with E-state index in [9.17, 15) is 0 Å². The number of hydrogen-bond donors (Lipinski definition) is 1. The maximum absolute atomic E-state index is 9.05. The van der Waals surface area contributed by atoms with Crippen molar-refractivity contribution >= 4 is 23.6 Å². The summed E-state index contributed by atoms with van der Waals surface area (Å²) in [6, 6.07) is 0. The van der Waals surface area contributed by atoms with Gasteiger partial charge in [-0.1, -0.05) is 0 Å². The van der Waals surface area contributed by atoms with E-state index in [-0.39, 0.29) is 23.9 Å². The van der Waals surface area contributed by atoms with E-state index in [0.717, 1.165) is 0 Å². The molecular weight excluding hydrogens is 81.0 g/mol. The van der Waals surface area contributed by atoms with Gasteiger partial charge in [0.05, 0.1) is 0 Å². The van der Waals surface area contributed by atoms with E-state index in [0.29, 0.717) is 6.29 Å². The van der Waals surface area contributed by atoms with Gasteiger partial charge < -0.3 is 10.5 Å². The molecule has 2 nitrogen and oxygen atoms in total. The topological polar surface area (TPSA) is 43.1 Å². The van der Waals surface area contributed by atoms with Crippen LogP contribution in [0.2, 0.25) is 0 Å². The van der Waals surface area contributed by atoms with Crippen LogP contribution in [0, 0.1) is 0 Å². The van der Waals surface area contributed by atoms with Crippen molar-refractivity contribution in [3.05, 3.63) is 0 Å². The first-order valence-corrected chi connectivity index (χ1v) is 1.05. The molecule has 0 spiro atoms. The first kappa shape index (κ1) is 8.94. The van der Waals surface area contributed by atoms with E-state index in [1.165, 1.54) is 0 Å². The number of hydrogen-bond acceptors (Lipinski definition) is 2. The molecule has 0 unspecified atom stereocenters. The van der Waals surface area contributed by atoms with Crippen molar-refractivity contribution in [1.82, 2.24) is 0 Å². The Bertz CT molecular complexity index is 23.6. The third-order valence-corrected chi connectivity index (χ3v) is 0.0962. The third-order valence-electron chi connectivity index (χ3n) is 0.0962. The van der Waals surface area contributed by atoms with Crippen LogP contribution in [0.1, 0.15) is 0 Å². The summed E-state index contributed by atoms with van der Waals surface area (Å²) in [6.07, 6.45) is 0.653. The predicted molar refractivity (Wildman–Crippen MR) is 20.9 cm³/mol. The average Bonchev–Trinajstić information content (AvgIpc) is 1.37. The predicted octanol–water partition coefficient (Wildman–Crippen LogP) is -1.24. The van der Waals surface area contributed by atoms with Crippen molar-refractivity contribution < 1.29 is 4.79 Å². The summed E-state index contributed by atoms with van der Waals surface area (Å²) in [6.45, 7) is 0.139. The summed E-state index contributed by atoms with van der Waals surface area (Å²) in [5.41, 5.74) is 4.66. The van der Waals surface area contributed by atoms with Crippen LogP contribution in [0.15, 0.2) is 0 Å². The minimum Gasteiger partial charge on any atom is -0.324 e. The Kier molecular flexibility index (Phi) is 15.9. The van der Waals surface area contributed by atoms with E-state index in [1.807, 2.05) is 0 Å². The fraction of sp³-hybridized carbons (Fsp3) is 0.500. The molecule has 0 aromatic rings. The molecule has 0 aliphatic rings. The van der Waals surface area contributed by atoms with Crippen LogP contribution in [0.5, 0.6) is 0 Å². The Labute approximate surface area is 41.5 Å². The minimum atomic E-state index is 0. The number of carbonyl (C=O) groups is 1. The van der Waals surface area contributed by atoms with Crippen LogP contribution in [-0.4, -0.2) is 30.2 Å². The SMILES string of the molecule is NCC=O.[Al+3]. The molecular formula is C2H5AlNO+3. The average molecular weight is 86.0 g/mol. The molecule has 0 aromatic heterocycles. The Balaban J connectivity index is 0. The van der Waals surface area contributed by atoms with Crippen molar-refractivity contribution in [2.75, 3.05) is 6.54 Å². The zero-order valence-electron chi connectivity index (χ0n) is 2.85. The normalized spacial score (nSPS) is 5.00. The molecule has 2 N–H and O–H groups in total. The monoisotopic (exact) mass is 86.0 g/mol. The van der Waals surface area contributed by atoms with Gasteiger partial charge in [-0.2, -0.15) is 0 Å². The summed E-state index contributed by atoms with van der Waals surface area (Å²) >= 11 is 0. The van der Waals surface area contributed by atoms with E-state index < -0.39 is 0 Å². The first-order valence-electron chi connectivity index (χ1n) is 1.05. The van der Waals surface area contributed by atoms with E-state index in [4.69, 9.17) is 4.79 Å². The largest absolute Gasteiger partial charge is 3.00 e. The van der Waals surface area contributed by atoms with Gasteiger partial charge in [0.25, 0.3) is 0 Å². The molecule has 0 fully saturated rings. The second kappa shape index (κ2) is 8.90. The van der Waals surface area contributed by atoms with Gasteiger partial charge in [-0.25, -0.2) is 0 Å². The van der Waals surface area contributed by atoms with Crippen LogP contribution in [0.3, 0.4) is 0 Å². The van der Waals surface area contributed by atoms with Gasteiger partial charge in [-0.3, -0.25) is 0 Å². The number of aldehydes is 1. The van der Waals surface area contributed by atoms with Crippen LogP contribution >= 0.6 is 0 Å². The van der Waals surface area contributed by atoms with Crippen molar-refractivity contribution in [3.8, 4) is 0 Å². The van der Waals surface area contributed by atoms with Crippen molar-refractivity contribution in [2.24, 2.45) is 5.73 Å². The van der Waals surface area contributed by atoms with E-state index in [1.54, 1.807) is 0 Å². The Morgan fingerprint density at radius 3 is 2.00 bits per heavy atom. The van der Waals surface area contributed by atoms with E-state index >= 15 is 0 Å². The fourth-order valence-corrected chi connectivity index (χ4v) is 0. The van der Waals surface area contributed by atoms with Crippen molar-refractivity contribution in [3.63, 3.8) is 0 Å². The zero-order chi connectivity index (χ0) is 3.41. The van der Waals surface area contributed by atoms with Crippen molar-refractivity contribution in [1.29, 1.82) is 0 Å². The maximum Gasteiger partial charge on any atom is 3.00 e. The van der Waals surface area contributed by atoms with Gasteiger partial charge in [0.1, 0.15) is 6.29 Å². The van der Waals surface area contributed by atoms with Gasteiger partial charge in [-0.15, -0.1) is 0 Å². The zero-order valence-corrected chi connectivity index (χ0v) is 4.00. The standard InChI is InChI=1S/C2H5NO.Al/c3-1-2-4;/h2H,1,3H2;/q;+3. The van der Waals surface area contributed by atoms with Crippen LogP contribution in [0.4, 0.5) is 0 Å². The second-order valence-corrected chi connectivity index (χ2v) is 0.402. The molecule has 5 heavy (non-hydrogen) atoms. The molecule has 0 aliphatic heterocycles. The van der Waals surface area contributed by atoms with Gasteiger partial charge in [0, 0.05) is 6.54 Å². The molecule has 0 rings (SSSR count). The van der Waals surface area contributed by atoms with Crippen molar-refractivity contribution in [2.45, 2.75) is 0 Å². The quantitative estimate of drug-likeness (QED) is 0.320. The number of carbonyl (C=O) groups excluding carboxylic acids is 1. The number of rotatable bonds is 1.